The molecule has 1 heterocycles. The highest BCUT2D eigenvalue weighted by Gasteiger charge is 2.17. The number of benzene rings is 2. The number of aromatic nitrogens is 2. The molecular formula is C18H19N3O2S. The minimum atomic E-state index is -3.64. The molecule has 0 aliphatic rings. The van der Waals surface area contributed by atoms with Crippen LogP contribution in [0.15, 0.2) is 65.6 Å². The molecule has 0 amide bonds. The summed E-state index contributed by atoms with van der Waals surface area (Å²) in [6.45, 7) is 4.26. The van der Waals surface area contributed by atoms with Crippen molar-refractivity contribution in [1.29, 1.82) is 0 Å². The Kier molecular flexibility index (Phi) is 4.40. The number of sulfonamides is 1. The van der Waals surface area contributed by atoms with E-state index in [2.05, 4.69) is 9.82 Å². The SMILES string of the molecule is Cc1ccc(S(=O)(=O)Nc2cc(C)nn2Cc2ccccc2)cc1. The van der Waals surface area contributed by atoms with Crippen LogP contribution in [0.25, 0.3) is 0 Å². The second-order valence-corrected chi connectivity index (χ2v) is 7.42. The number of anilines is 1. The summed E-state index contributed by atoms with van der Waals surface area (Å²) in [6, 6.07) is 18.3. The first kappa shape index (κ1) is 16.3. The molecule has 1 N–H and O–H groups in total. The van der Waals surface area contributed by atoms with Gasteiger partial charge in [-0.25, -0.2) is 13.1 Å². The highest BCUT2D eigenvalue weighted by molar-refractivity contribution is 7.92. The first-order valence-electron chi connectivity index (χ1n) is 7.62. The van der Waals surface area contributed by atoms with Crippen LogP contribution in [0, 0.1) is 13.8 Å². The number of rotatable bonds is 5. The summed E-state index contributed by atoms with van der Waals surface area (Å²) in [5.41, 5.74) is 2.82. The van der Waals surface area contributed by atoms with Crippen LogP contribution in [0.4, 0.5) is 5.82 Å². The van der Waals surface area contributed by atoms with Gasteiger partial charge in [0.2, 0.25) is 0 Å². The Morgan fingerprint density at radius 3 is 2.33 bits per heavy atom. The normalized spacial score (nSPS) is 11.4. The van der Waals surface area contributed by atoms with Crippen LogP contribution >= 0.6 is 0 Å². The molecule has 0 saturated heterocycles. The van der Waals surface area contributed by atoms with Gasteiger partial charge in [-0.15, -0.1) is 0 Å². The lowest BCUT2D eigenvalue weighted by Gasteiger charge is -2.11. The monoisotopic (exact) mass is 341 g/mol. The van der Waals surface area contributed by atoms with Crippen molar-refractivity contribution in [3.8, 4) is 0 Å². The molecule has 0 unspecified atom stereocenters. The molecule has 0 saturated carbocycles. The second kappa shape index (κ2) is 6.49. The Balaban J connectivity index is 1.88. The van der Waals surface area contributed by atoms with Crippen molar-refractivity contribution in [1.82, 2.24) is 9.78 Å². The van der Waals surface area contributed by atoms with E-state index in [9.17, 15) is 8.42 Å². The third-order valence-corrected chi connectivity index (χ3v) is 5.02. The number of nitrogens with zero attached hydrogens (tertiary/aromatic N) is 2. The minimum Gasteiger partial charge on any atom is -0.264 e. The molecule has 6 heteroatoms. The Morgan fingerprint density at radius 1 is 1.00 bits per heavy atom. The van der Waals surface area contributed by atoms with Crippen LogP contribution in [-0.2, 0) is 16.6 Å². The molecule has 1 aromatic heterocycles. The number of hydrogen-bond donors (Lipinski definition) is 1. The molecule has 0 spiro atoms. The van der Waals surface area contributed by atoms with Gasteiger partial charge in [0.25, 0.3) is 10.0 Å². The van der Waals surface area contributed by atoms with Crippen molar-refractivity contribution < 1.29 is 8.42 Å². The molecule has 3 rings (SSSR count). The van der Waals surface area contributed by atoms with E-state index in [1.807, 2.05) is 44.2 Å². The zero-order valence-electron chi connectivity index (χ0n) is 13.6. The first-order valence-corrected chi connectivity index (χ1v) is 9.10. The third kappa shape index (κ3) is 3.65. The molecule has 0 radical (unpaired) electrons. The molecule has 0 bridgehead atoms. The average molecular weight is 341 g/mol. The van der Waals surface area contributed by atoms with E-state index in [1.165, 1.54) is 0 Å². The fraction of sp³-hybridized carbons (Fsp3) is 0.167. The molecule has 24 heavy (non-hydrogen) atoms. The van der Waals surface area contributed by atoms with Gasteiger partial charge in [-0.05, 0) is 31.5 Å². The van der Waals surface area contributed by atoms with Crippen LogP contribution in [0.5, 0.6) is 0 Å². The van der Waals surface area contributed by atoms with E-state index >= 15 is 0 Å². The summed E-state index contributed by atoms with van der Waals surface area (Å²) in [7, 11) is -3.64. The highest BCUT2D eigenvalue weighted by Crippen LogP contribution is 2.19. The first-order chi connectivity index (χ1) is 11.4. The molecule has 0 aliphatic carbocycles. The van der Waals surface area contributed by atoms with Crippen LogP contribution in [0.3, 0.4) is 0 Å². The van der Waals surface area contributed by atoms with Gasteiger partial charge in [0.1, 0.15) is 5.82 Å². The summed E-state index contributed by atoms with van der Waals surface area (Å²) in [6.07, 6.45) is 0. The lowest BCUT2D eigenvalue weighted by atomic mass is 10.2. The van der Waals surface area contributed by atoms with E-state index in [0.29, 0.717) is 12.4 Å². The van der Waals surface area contributed by atoms with Crippen molar-refractivity contribution in [2.75, 3.05) is 4.72 Å². The fourth-order valence-corrected chi connectivity index (χ4v) is 3.47. The molecule has 0 atom stereocenters. The van der Waals surface area contributed by atoms with Gasteiger partial charge in [-0.3, -0.25) is 4.72 Å². The lowest BCUT2D eigenvalue weighted by molar-refractivity contribution is 0.599. The van der Waals surface area contributed by atoms with E-state index < -0.39 is 10.0 Å². The van der Waals surface area contributed by atoms with Crippen LogP contribution in [-0.4, -0.2) is 18.2 Å². The van der Waals surface area contributed by atoms with Crippen LogP contribution in [0.1, 0.15) is 16.8 Å². The summed E-state index contributed by atoms with van der Waals surface area (Å²) >= 11 is 0. The van der Waals surface area contributed by atoms with Gasteiger partial charge < -0.3 is 0 Å². The maximum atomic E-state index is 12.6. The summed E-state index contributed by atoms with van der Waals surface area (Å²) in [5.74, 6) is 0.455. The van der Waals surface area contributed by atoms with Gasteiger partial charge in [0.15, 0.2) is 0 Å². The summed E-state index contributed by atoms with van der Waals surface area (Å²) < 4.78 is 29.4. The Bertz CT molecular complexity index is 930. The number of nitrogens with one attached hydrogen (secondary N) is 1. The second-order valence-electron chi connectivity index (χ2n) is 5.73. The molecule has 3 aromatic rings. The minimum absolute atomic E-state index is 0.234. The maximum Gasteiger partial charge on any atom is 0.263 e. The molecule has 0 fully saturated rings. The molecule has 2 aromatic carbocycles. The van der Waals surface area contributed by atoms with E-state index in [-0.39, 0.29) is 4.90 Å². The predicted octanol–water partition coefficient (Wildman–Crippen LogP) is 3.35. The molecular weight excluding hydrogens is 322 g/mol. The summed E-state index contributed by atoms with van der Waals surface area (Å²) in [5, 5.41) is 4.39. The fourth-order valence-electron chi connectivity index (χ4n) is 2.42. The van der Waals surface area contributed by atoms with Crippen LogP contribution < -0.4 is 4.72 Å². The largest absolute Gasteiger partial charge is 0.264 e. The molecule has 5 nitrogen and oxygen atoms in total. The van der Waals surface area contributed by atoms with Crippen molar-refractivity contribution in [2.24, 2.45) is 0 Å². The predicted molar refractivity (Wildman–Crippen MR) is 94.5 cm³/mol. The number of hydrogen-bond acceptors (Lipinski definition) is 3. The third-order valence-electron chi connectivity index (χ3n) is 3.65. The Hall–Kier alpha value is -2.60. The van der Waals surface area contributed by atoms with Gasteiger partial charge in [0.05, 0.1) is 17.1 Å². The smallest absolute Gasteiger partial charge is 0.263 e. The zero-order chi connectivity index (χ0) is 17.2. The topological polar surface area (TPSA) is 64.0 Å². The average Bonchev–Trinajstić information content (AvgIpc) is 2.87. The zero-order valence-corrected chi connectivity index (χ0v) is 14.4. The van der Waals surface area contributed by atoms with Crippen molar-refractivity contribution in [3.05, 3.63) is 77.5 Å². The molecule has 124 valence electrons. The summed E-state index contributed by atoms with van der Waals surface area (Å²) in [4.78, 5) is 0.234. The van der Waals surface area contributed by atoms with Gasteiger partial charge in [-0.1, -0.05) is 48.0 Å². The maximum absolute atomic E-state index is 12.6. The number of aryl methyl sites for hydroxylation is 2. The lowest BCUT2D eigenvalue weighted by Crippen LogP contribution is -2.16. The van der Waals surface area contributed by atoms with Crippen molar-refractivity contribution in [2.45, 2.75) is 25.3 Å². The van der Waals surface area contributed by atoms with Gasteiger partial charge in [0, 0.05) is 6.07 Å². The van der Waals surface area contributed by atoms with Crippen molar-refractivity contribution >= 4 is 15.8 Å². The van der Waals surface area contributed by atoms with Crippen molar-refractivity contribution in [3.63, 3.8) is 0 Å². The Morgan fingerprint density at radius 2 is 1.67 bits per heavy atom. The quantitative estimate of drug-likeness (QED) is 0.774. The van der Waals surface area contributed by atoms with E-state index in [0.717, 1.165) is 16.8 Å². The highest BCUT2D eigenvalue weighted by atomic mass is 32.2. The Labute approximate surface area is 142 Å². The standard InChI is InChI=1S/C18H19N3O2S/c1-14-8-10-17(11-9-14)24(22,23)20-18-12-15(2)19-21(18)13-16-6-4-3-5-7-16/h3-12,20H,13H2,1-2H3. The van der Waals surface area contributed by atoms with Gasteiger partial charge in [-0.2, -0.15) is 5.10 Å². The van der Waals surface area contributed by atoms with E-state index in [1.54, 1.807) is 35.0 Å². The van der Waals surface area contributed by atoms with Crippen LogP contribution in [0.2, 0.25) is 0 Å². The van der Waals surface area contributed by atoms with E-state index in [4.69, 9.17) is 0 Å². The van der Waals surface area contributed by atoms with Gasteiger partial charge >= 0.3 is 0 Å². The molecule has 0 aliphatic heterocycles.